The number of carboxylic acid groups (broad SMARTS) is 1. The van der Waals surface area contributed by atoms with Crippen LogP contribution in [0, 0.1) is 13.8 Å². The fourth-order valence-electron chi connectivity index (χ4n) is 4.20. The van der Waals surface area contributed by atoms with Gasteiger partial charge in [-0.3, -0.25) is 4.79 Å². The molecule has 0 aliphatic carbocycles. The predicted molar refractivity (Wildman–Crippen MR) is 136 cm³/mol. The molecule has 0 aliphatic rings. The molecule has 5 rings (SSSR count). The molecule has 2 aromatic heterocycles. The number of benzene rings is 3. The Morgan fingerprint density at radius 2 is 1.88 bits per heavy atom. The fourth-order valence-corrected chi connectivity index (χ4v) is 5.06. The molecule has 170 valence electrons. The minimum Gasteiger partial charge on any atom is -0.478 e. The molecule has 3 aromatic carbocycles. The van der Waals surface area contributed by atoms with Crippen molar-refractivity contribution in [2.45, 2.75) is 26.8 Å². The van der Waals surface area contributed by atoms with Gasteiger partial charge in [-0.2, -0.15) is 0 Å². The van der Waals surface area contributed by atoms with Crippen LogP contribution in [0.3, 0.4) is 0 Å². The third-order valence-electron chi connectivity index (χ3n) is 5.78. The Morgan fingerprint density at radius 3 is 2.68 bits per heavy atom. The Balaban J connectivity index is 1.64. The van der Waals surface area contributed by atoms with Gasteiger partial charge in [-0.05, 0) is 62.7 Å². The number of anilines is 1. The Bertz CT molecular complexity index is 1630. The molecule has 0 bridgehead atoms. The molecule has 0 saturated carbocycles. The summed E-state index contributed by atoms with van der Waals surface area (Å²) in [5.41, 5.74) is 4.47. The second-order valence-electron chi connectivity index (χ2n) is 8.34. The monoisotopic (exact) mass is 470 g/mol. The molecule has 0 radical (unpaired) electrons. The van der Waals surface area contributed by atoms with Crippen LogP contribution in [0.5, 0.6) is 0 Å². The second-order valence-corrected chi connectivity index (χ2v) is 9.57. The Labute approximate surface area is 199 Å². The van der Waals surface area contributed by atoms with Gasteiger partial charge in [-0.1, -0.05) is 18.2 Å². The Kier molecular flexibility index (Phi) is 5.42. The molecule has 0 unspecified atom stereocenters. The van der Waals surface area contributed by atoms with Crippen molar-refractivity contribution in [1.82, 2.24) is 4.98 Å². The van der Waals surface area contributed by atoms with Crippen LogP contribution in [0.15, 0.2) is 69.9 Å². The second kappa shape index (κ2) is 8.43. The number of hydrogen-bond donors (Lipinski definition) is 2. The van der Waals surface area contributed by atoms with Gasteiger partial charge in [0.15, 0.2) is 5.43 Å². The third-order valence-corrected chi connectivity index (χ3v) is 6.71. The zero-order valence-corrected chi connectivity index (χ0v) is 19.7. The zero-order chi connectivity index (χ0) is 24.0. The van der Waals surface area contributed by atoms with Gasteiger partial charge in [0.25, 0.3) is 0 Å². The van der Waals surface area contributed by atoms with E-state index in [1.807, 2.05) is 51.1 Å². The lowest BCUT2D eigenvalue weighted by atomic mass is 10.00. The first kappa shape index (κ1) is 21.9. The third kappa shape index (κ3) is 3.95. The van der Waals surface area contributed by atoms with Crippen molar-refractivity contribution in [3.63, 3.8) is 0 Å². The van der Waals surface area contributed by atoms with Crippen LogP contribution in [0.1, 0.15) is 39.5 Å². The van der Waals surface area contributed by atoms with E-state index >= 15 is 0 Å². The summed E-state index contributed by atoms with van der Waals surface area (Å²) in [6.45, 7) is 5.81. The summed E-state index contributed by atoms with van der Waals surface area (Å²) < 4.78 is 7.36. The van der Waals surface area contributed by atoms with Crippen molar-refractivity contribution in [3.8, 4) is 11.3 Å². The molecule has 6 nitrogen and oxygen atoms in total. The minimum atomic E-state index is -1.01. The van der Waals surface area contributed by atoms with Crippen molar-refractivity contribution < 1.29 is 14.3 Å². The number of aromatic carboxylic acids is 1. The van der Waals surface area contributed by atoms with Crippen LogP contribution in [-0.4, -0.2) is 16.1 Å². The highest BCUT2D eigenvalue weighted by Crippen LogP contribution is 2.33. The maximum absolute atomic E-state index is 13.1. The molecule has 5 aromatic rings. The highest BCUT2D eigenvalue weighted by atomic mass is 32.1. The largest absolute Gasteiger partial charge is 0.478 e. The molecule has 7 heteroatoms. The van der Waals surface area contributed by atoms with E-state index in [9.17, 15) is 14.7 Å². The van der Waals surface area contributed by atoms with Gasteiger partial charge >= 0.3 is 5.97 Å². The van der Waals surface area contributed by atoms with E-state index in [0.29, 0.717) is 22.4 Å². The molecule has 34 heavy (non-hydrogen) atoms. The summed E-state index contributed by atoms with van der Waals surface area (Å²) in [7, 11) is 0. The predicted octanol–water partition coefficient (Wildman–Crippen LogP) is 6.56. The molecule has 2 heterocycles. The lowest BCUT2D eigenvalue weighted by Crippen LogP contribution is -2.12. The summed E-state index contributed by atoms with van der Waals surface area (Å²) in [6, 6.07) is 17.6. The summed E-state index contributed by atoms with van der Waals surface area (Å²) in [5.74, 6) is -0.527. The zero-order valence-electron chi connectivity index (χ0n) is 18.9. The van der Waals surface area contributed by atoms with E-state index in [1.165, 1.54) is 6.07 Å². The number of fused-ring (bicyclic) bond motifs is 2. The number of aryl methyl sites for hydroxylation is 2. The number of carboxylic acids is 1. The van der Waals surface area contributed by atoms with E-state index < -0.39 is 5.97 Å². The number of aromatic nitrogens is 1. The smallest absolute Gasteiger partial charge is 0.337 e. The lowest BCUT2D eigenvalue weighted by Gasteiger charge is -2.19. The van der Waals surface area contributed by atoms with Gasteiger partial charge < -0.3 is 14.8 Å². The molecule has 2 N–H and O–H groups in total. The Morgan fingerprint density at radius 1 is 1.09 bits per heavy atom. The first-order chi connectivity index (χ1) is 16.3. The average molecular weight is 471 g/mol. The topological polar surface area (TPSA) is 92.4 Å². The van der Waals surface area contributed by atoms with Crippen LogP contribution in [-0.2, 0) is 0 Å². The number of rotatable bonds is 5. The molecule has 0 fully saturated rings. The summed E-state index contributed by atoms with van der Waals surface area (Å²) in [6.07, 6.45) is 0. The van der Waals surface area contributed by atoms with Crippen molar-refractivity contribution >= 4 is 44.2 Å². The maximum atomic E-state index is 13.1. The van der Waals surface area contributed by atoms with Crippen molar-refractivity contribution in [1.29, 1.82) is 0 Å². The average Bonchev–Trinajstić information content (AvgIpc) is 3.18. The quantitative estimate of drug-likeness (QED) is 0.302. The highest BCUT2D eigenvalue weighted by Gasteiger charge is 2.18. The fraction of sp³-hybridized carbons (Fsp3) is 0.148. The number of nitrogens with one attached hydrogen (secondary N) is 1. The van der Waals surface area contributed by atoms with Crippen LogP contribution in [0.2, 0.25) is 0 Å². The number of para-hydroxylation sites is 1. The van der Waals surface area contributed by atoms with Crippen LogP contribution < -0.4 is 10.7 Å². The van der Waals surface area contributed by atoms with Gasteiger partial charge in [0.2, 0.25) is 0 Å². The molecule has 0 amide bonds. The first-order valence-corrected chi connectivity index (χ1v) is 11.7. The summed E-state index contributed by atoms with van der Waals surface area (Å²) in [5, 5.41) is 14.3. The van der Waals surface area contributed by atoms with Gasteiger partial charge in [-0.15, -0.1) is 11.3 Å². The van der Waals surface area contributed by atoms with Gasteiger partial charge in [0.05, 0.1) is 32.2 Å². The maximum Gasteiger partial charge on any atom is 0.337 e. The van der Waals surface area contributed by atoms with Gasteiger partial charge in [0, 0.05) is 22.9 Å². The minimum absolute atomic E-state index is 0.125. The Hall–Kier alpha value is -3.97. The van der Waals surface area contributed by atoms with Crippen LogP contribution in [0.25, 0.3) is 32.5 Å². The molecule has 1 atom stereocenters. The number of nitrogens with zero attached hydrogens (tertiary/aromatic N) is 1. The van der Waals surface area contributed by atoms with Crippen molar-refractivity contribution in [3.05, 3.63) is 92.6 Å². The number of carbonyl (C=O) groups is 1. The highest BCUT2D eigenvalue weighted by molar-refractivity contribution is 7.18. The SMILES string of the molecule is Cc1cc([C@@H](C)Nc2ccccc2C(=O)O)c2oc(-c3ccc4nc(C)sc4c3)cc(=O)c2c1. The summed E-state index contributed by atoms with van der Waals surface area (Å²) >= 11 is 1.59. The number of thiazole rings is 1. The van der Waals surface area contributed by atoms with Crippen molar-refractivity contribution in [2.75, 3.05) is 5.32 Å². The van der Waals surface area contributed by atoms with Crippen LogP contribution in [0.4, 0.5) is 5.69 Å². The molecular formula is C27H22N2O4S. The number of hydrogen-bond acceptors (Lipinski definition) is 6. The van der Waals surface area contributed by atoms with E-state index in [2.05, 4.69) is 10.3 Å². The van der Waals surface area contributed by atoms with Crippen LogP contribution >= 0.6 is 11.3 Å². The summed E-state index contributed by atoms with van der Waals surface area (Å²) in [4.78, 5) is 29.2. The normalized spacial score (nSPS) is 12.2. The molecule has 0 aliphatic heterocycles. The molecule has 0 spiro atoms. The van der Waals surface area contributed by atoms with Gasteiger partial charge in [-0.25, -0.2) is 9.78 Å². The van der Waals surface area contributed by atoms with Gasteiger partial charge in [0.1, 0.15) is 11.3 Å². The van der Waals surface area contributed by atoms with E-state index in [-0.39, 0.29) is 17.0 Å². The van der Waals surface area contributed by atoms with E-state index in [4.69, 9.17) is 4.42 Å². The standard InChI is InChI=1S/C27H22N2O4S/c1-14-10-19(15(2)28-21-7-5-4-6-18(21)27(31)32)26-20(11-14)23(30)13-24(33-26)17-8-9-22-25(12-17)34-16(3)29-22/h4-13,15,28H,1-3H3,(H,31,32)/t15-/m1/s1. The first-order valence-electron chi connectivity index (χ1n) is 10.8. The van der Waals surface area contributed by atoms with E-state index in [1.54, 1.807) is 35.6 Å². The molecular weight excluding hydrogens is 448 g/mol. The van der Waals surface area contributed by atoms with E-state index in [0.717, 1.165) is 31.9 Å². The van der Waals surface area contributed by atoms with Crippen molar-refractivity contribution in [2.24, 2.45) is 0 Å². The lowest BCUT2D eigenvalue weighted by molar-refractivity contribution is 0.0698. The molecule has 0 saturated heterocycles.